The molecule has 0 aromatic heterocycles. The number of hydrogen-bond acceptors (Lipinski definition) is 1. The van der Waals surface area contributed by atoms with E-state index in [-0.39, 0.29) is 24.2 Å². The SMILES string of the molecule is C#CC(CCC)NC(=O)Cc1ccc(F)cc1. The first-order valence-electron chi connectivity index (χ1n) is 5.65. The highest BCUT2D eigenvalue weighted by Crippen LogP contribution is 2.04. The van der Waals surface area contributed by atoms with Gasteiger partial charge in [0.05, 0.1) is 12.5 Å². The van der Waals surface area contributed by atoms with Crippen LogP contribution in [-0.2, 0) is 11.2 Å². The van der Waals surface area contributed by atoms with Crippen molar-refractivity contribution in [1.29, 1.82) is 0 Å². The van der Waals surface area contributed by atoms with Crippen molar-refractivity contribution in [2.24, 2.45) is 0 Å². The van der Waals surface area contributed by atoms with Crippen LogP contribution in [0.2, 0.25) is 0 Å². The molecule has 2 nitrogen and oxygen atoms in total. The summed E-state index contributed by atoms with van der Waals surface area (Å²) in [5, 5.41) is 2.76. The summed E-state index contributed by atoms with van der Waals surface area (Å²) in [4.78, 5) is 11.6. The summed E-state index contributed by atoms with van der Waals surface area (Å²) >= 11 is 0. The van der Waals surface area contributed by atoms with Crippen LogP contribution in [0.25, 0.3) is 0 Å². The van der Waals surface area contributed by atoms with E-state index in [1.54, 1.807) is 12.1 Å². The van der Waals surface area contributed by atoms with Crippen LogP contribution >= 0.6 is 0 Å². The van der Waals surface area contributed by atoms with Gasteiger partial charge in [0, 0.05) is 0 Å². The number of carbonyl (C=O) groups is 1. The Morgan fingerprint density at radius 2 is 2.12 bits per heavy atom. The van der Waals surface area contributed by atoms with Crippen molar-refractivity contribution >= 4 is 5.91 Å². The van der Waals surface area contributed by atoms with Gasteiger partial charge in [0.25, 0.3) is 0 Å². The molecule has 90 valence electrons. The lowest BCUT2D eigenvalue weighted by molar-refractivity contribution is -0.120. The van der Waals surface area contributed by atoms with E-state index in [0.717, 1.165) is 18.4 Å². The summed E-state index contributed by atoms with van der Waals surface area (Å²) in [5.41, 5.74) is 0.774. The molecule has 0 fully saturated rings. The maximum Gasteiger partial charge on any atom is 0.225 e. The van der Waals surface area contributed by atoms with Crippen LogP contribution in [0.1, 0.15) is 25.3 Å². The zero-order valence-corrected chi connectivity index (χ0v) is 9.87. The van der Waals surface area contributed by atoms with Gasteiger partial charge in [-0.05, 0) is 24.1 Å². The van der Waals surface area contributed by atoms with E-state index >= 15 is 0 Å². The first-order chi connectivity index (χ1) is 8.15. The predicted octanol–water partition coefficient (Wildman–Crippen LogP) is 2.29. The topological polar surface area (TPSA) is 29.1 Å². The fraction of sp³-hybridized carbons (Fsp3) is 0.357. The average molecular weight is 233 g/mol. The van der Waals surface area contributed by atoms with Crippen molar-refractivity contribution in [2.75, 3.05) is 0 Å². The lowest BCUT2D eigenvalue weighted by Crippen LogP contribution is -2.34. The predicted molar refractivity (Wildman–Crippen MR) is 65.8 cm³/mol. The van der Waals surface area contributed by atoms with Gasteiger partial charge in [-0.25, -0.2) is 4.39 Å². The van der Waals surface area contributed by atoms with Crippen molar-refractivity contribution < 1.29 is 9.18 Å². The minimum Gasteiger partial charge on any atom is -0.342 e. The molecule has 0 radical (unpaired) electrons. The van der Waals surface area contributed by atoms with Gasteiger partial charge in [0.2, 0.25) is 5.91 Å². The molecule has 17 heavy (non-hydrogen) atoms. The molecular weight excluding hydrogens is 217 g/mol. The Balaban J connectivity index is 2.49. The van der Waals surface area contributed by atoms with Crippen molar-refractivity contribution in [3.05, 3.63) is 35.6 Å². The molecule has 0 saturated carbocycles. The van der Waals surface area contributed by atoms with E-state index in [1.807, 2.05) is 6.92 Å². The van der Waals surface area contributed by atoms with Crippen molar-refractivity contribution in [2.45, 2.75) is 32.2 Å². The van der Waals surface area contributed by atoms with Gasteiger partial charge in [-0.1, -0.05) is 31.4 Å². The highest BCUT2D eigenvalue weighted by Gasteiger charge is 2.09. The van der Waals surface area contributed by atoms with Crippen LogP contribution in [0.4, 0.5) is 4.39 Å². The quantitative estimate of drug-likeness (QED) is 0.777. The molecule has 0 aliphatic rings. The van der Waals surface area contributed by atoms with Crippen LogP contribution < -0.4 is 5.32 Å². The van der Waals surface area contributed by atoms with E-state index in [4.69, 9.17) is 6.42 Å². The Bertz CT molecular complexity index is 405. The zero-order chi connectivity index (χ0) is 12.7. The first kappa shape index (κ1) is 13.2. The van der Waals surface area contributed by atoms with Gasteiger partial charge in [0.15, 0.2) is 0 Å². The molecule has 1 rings (SSSR count). The second-order valence-electron chi connectivity index (χ2n) is 3.88. The minimum absolute atomic E-state index is 0.131. The Morgan fingerprint density at radius 1 is 1.47 bits per heavy atom. The fourth-order valence-electron chi connectivity index (χ4n) is 1.52. The molecule has 0 heterocycles. The summed E-state index contributed by atoms with van der Waals surface area (Å²) in [6.45, 7) is 2.01. The Morgan fingerprint density at radius 3 is 2.65 bits per heavy atom. The summed E-state index contributed by atoms with van der Waals surface area (Å²) < 4.78 is 12.7. The number of halogens is 1. The van der Waals surface area contributed by atoms with Crippen molar-refractivity contribution in [3.8, 4) is 12.3 Å². The molecule has 0 aliphatic heterocycles. The summed E-state index contributed by atoms with van der Waals surface area (Å²) in [6, 6.07) is 5.66. The van der Waals surface area contributed by atoms with Crippen LogP contribution in [-0.4, -0.2) is 11.9 Å². The molecule has 1 N–H and O–H groups in total. The van der Waals surface area contributed by atoms with Gasteiger partial charge in [0.1, 0.15) is 5.82 Å². The normalized spacial score (nSPS) is 11.6. The third-order valence-electron chi connectivity index (χ3n) is 2.39. The average Bonchev–Trinajstić information content (AvgIpc) is 2.31. The molecule has 0 saturated heterocycles. The first-order valence-corrected chi connectivity index (χ1v) is 5.65. The van der Waals surface area contributed by atoms with E-state index in [0.29, 0.717) is 0 Å². The number of amides is 1. The fourth-order valence-corrected chi connectivity index (χ4v) is 1.52. The monoisotopic (exact) mass is 233 g/mol. The summed E-state index contributed by atoms with van der Waals surface area (Å²) in [5.74, 6) is 2.10. The number of hydrogen-bond donors (Lipinski definition) is 1. The molecule has 1 atom stereocenters. The van der Waals surface area contributed by atoms with Gasteiger partial charge in [-0.15, -0.1) is 6.42 Å². The van der Waals surface area contributed by atoms with Crippen LogP contribution in [0.15, 0.2) is 24.3 Å². The number of benzene rings is 1. The van der Waals surface area contributed by atoms with Crippen LogP contribution in [0.5, 0.6) is 0 Å². The number of rotatable bonds is 5. The summed E-state index contributed by atoms with van der Waals surface area (Å²) in [6.07, 6.45) is 7.22. The number of nitrogens with one attached hydrogen (secondary N) is 1. The molecule has 1 unspecified atom stereocenters. The lowest BCUT2D eigenvalue weighted by Gasteiger charge is -2.11. The highest BCUT2D eigenvalue weighted by atomic mass is 19.1. The molecule has 1 aromatic carbocycles. The second kappa shape index (κ2) is 6.70. The summed E-state index contributed by atoms with van der Waals surface area (Å²) in [7, 11) is 0. The Hall–Kier alpha value is -1.82. The van der Waals surface area contributed by atoms with Gasteiger partial charge in [-0.2, -0.15) is 0 Å². The minimum atomic E-state index is -0.304. The number of terminal acetylenes is 1. The molecule has 0 bridgehead atoms. The van der Waals surface area contributed by atoms with Crippen molar-refractivity contribution in [1.82, 2.24) is 5.32 Å². The molecule has 0 spiro atoms. The smallest absolute Gasteiger partial charge is 0.225 e. The molecule has 1 aromatic rings. The van der Waals surface area contributed by atoms with Crippen molar-refractivity contribution in [3.63, 3.8) is 0 Å². The Labute approximate surface area is 101 Å². The van der Waals surface area contributed by atoms with E-state index < -0.39 is 0 Å². The third kappa shape index (κ3) is 4.69. The lowest BCUT2D eigenvalue weighted by atomic mass is 10.1. The van der Waals surface area contributed by atoms with Gasteiger partial charge < -0.3 is 5.32 Å². The number of carbonyl (C=O) groups excluding carboxylic acids is 1. The second-order valence-corrected chi connectivity index (χ2v) is 3.88. The van der Waals surface area contributed by atoms with E-state index in [2.05, 4.69) is 11.2 Å². The standard InChI is InChI=1S/C14H16FNO/c1-3-5-13(4-2)16-14(17)10-11-6-8-12(15)9-7-11/h2,6-9,13H,3,5,10H2,1H3,(H,16,17). The molecular formula is C14H16FNO. The highest BCUT2D eigenvalue weighted by molar-refractivity contribution is 5.79. The third-order valence-corrected chi connectivity index (χ3v) is 2.39. The van der Waals surface area contributed by atoms with Gasteiger partial charge >= 0.3 is 0 Å². The molecule has 1 amide bonds. The van der Waals surface area contributed by atoms with Gasteiger partial charge in [-0.3, -0.25) is 4.79 Å². The van der Waals surface area contributed by atoms with E-state index in [9.17, 15) is 9.18 Å². The van der Waals surface area contributed by atoms with Crippen LogP contribution in [0.3, 0.4) is 0 Å². The Kier molecular flexibility index (Phi) is 5.22. The molecule has 3 heteroatoms. The zero-order valence-electron chi connectivity index (χ0n) is 9.87. The molecule has 0 aliphatic carbocycles. The maximum atomic E-state index is 12.7. The maximum absolute atomic E-state index is 12.7. The van der Waals surface area contributed by atoms with Crippen LogP contribution in [0, 0.1) is 18.2 Å². The van der Waals surface area contributed by atoms with E-state index in [1.165, 1.54) is 12.1 Å². The largest absolute Gasteiger partial charge is 0.342 e.